The number of hydrogen-bond donors (Lipinski definition) is 1. The highest BCUT2D eigenvalue weighted by Gasteiger charge is 2.16. The van der Waals surface area contributed by atoms with Crippen molar-refractivity contribution in [1.29, 1.82) is 0 Å². The van der Waals surface area contributed by atoms with Gasteiger partial charge in [-0.1, -0.05) is 6.92 Å². The SMILES string of the molecule is CCCc1nc(-c2ccc3c(c2)NCC(C)O3)cs1. The molecule has 2 aromatic rings. The molecule has 1 aliphatic rings. The Morgan fingerprint density at radius 1 is 1.47 bits per heavy atom. The maximum atomic E-state index is 5.79. The minimum absolute atomic E-state index is 0.230. The Hall–Kier alpha value is -1.55. The van der Waals surface area contributed by atoms with Crippen LogP contribution in [0.15, 0.2) is 23.6 Å². The molecule has 1 aromatic carbocycles. The third-order valence-electron chi connectivity index (χ3n) is 3.20. The fourth-order valence-corrected chi connectivity index (χ4v) is 3.12. The highest BCUT2D eigenvalue weighted by Crippen LogP contribution is 2.34. The number of fused-ring (bicyclic) bond motifs is 1. The predicted molar refractivity (Wildman–Crippen MR) is 80.1 cm³/mol. The highest BCUT2D eigenvalue weighted by atomic mass is 32.1. The fourth-order valence-electron chi connectivity index (χ4n) is 2.21. The molecule has 2 heterocycles. The minimum atomic E-state index is 0.230. The van der Waals surface area contributed by atoms with E-state index in [-0.39, 0.29) is 6.10 Å². The van der Waals surface area contributed by atoms with Crippen LogP contribution in [0.5, 0.6) is 5.75 Å². The van der Waals surface area contributed by atoms with Gasteiger partial charge in [0.25, 0.3) is 0 Å². The smallest absolute Gasteiger partial charge is 0.142 e. The quantitative estimate of drug-likeness (QED) is 0.920. The van der Waals surface area contributed by atoms with Gasteiger partial charge >= 0.3 is 0 Å². The first-order valence-corrected chi connectivity index (χ1v) is 7.63. The number of aromatic nitrogens is 1. The summed E-state index contributed by atoms with van der Waals surface area (Å²) in [5.74, 6) is 0.937. The molecule has 0 radical (unpaired) electrons. The van der Waals surface area contributed by atoms with Gasteiger partial charge in [-0.05, 0) is 38.0 Å². The number of thiazole rings is 1. The van der Waals surface area contributed by atoms with Crippen LogP contribution in [-0.4, -0.2) is 17.6 Å². The molecule has 0 saturated carbocycles. The lowest BCUT2D eigenvalue weighted by atomic mass is 10.1. The van der Waals surface area contributed by atoms with Crippen molar-refractivity contribution in [2.45, 2.75) is 32.8 Å². The molecule has 19 heavy (non-hydrogen) atoms. The number of nitrogens with one attached hydrogen (secondary N) is 1. The van der Waals surface area contributed by atoms with Gasteiger partial charge in [-0.15, -0.1) is 11.3 Å². The Bertz CT molecular complexity index is 579. The Labute approximate surface area is 117 Å². The van der Waals surface area contributed by atoms with Crippen LogP contribution in [-0.2, 0) is 6.42 Å². The molecule has 1 aliphatic heterocycles. The lowest BCUT2D eigenvalue weighted by molar-refractivity contribution is 0.226. The predicted octanol–water partition coefficient (Wildman–Crippen LogP) is 3.96. The number of aryl methyl sites for hydroxylation is 1. The van der Waals surface area contributed by atoms with E-state index in [0.717, 1.165) is 42.1 Å². The zero-order valence-corrected chi connectivity index (χ0v) is 12.1. The summed E-state index contributed by atoms with van der Waals surface area (Å²) >= 11 is 1.74. The van der Waals surface area contributed by atoms with E-state index in [1.165, 1.54) is 5.01 Å². The van der Waals surface area contributed by atoms with Crippen molar-refractivity contribution < 1.29 is 4.74 Å². The molecule has 0 bridgehead atoms. The fraction of sp³-hybridized carbons (Fsp3) is 0.400. The first-order valence-electron chi connectivity index (χ1n) is 6.75. The van der Waals surface area contributed by atoms with E-state index in [1.54, 1.807) is 11.3 Å². The van der Waals surface area contributed by atoms with Crippen molar-refractivity contribution in [2.24, 2.45) is 0 Å². The van der Waals surface area contributed by atoms with Crippen molar-refractivity contribution in [1.82, 2.24) is 4.98 Å². The summed E-state index contributed by atoms with van der Waals surface area (Å²) in [6.07, 6.45) is 2.44. The van der Waals surface area contributed by atoms with Crippen molar-refractivity contribution >= 4 is 17.0 Å². The Balaban J connectivity index is 1.88. The van der Waals surface area contributed by atoms with Crippen LogP contribution in [0.2, 0.25) is 0 Å². The summed E-state index contributed by atoms with van der Waals surface area (Å²) in [7, 11) is 0. The summed E-state index contributed by atoms with van der Waals surface area (Å²) in [5, 5.41) is 6.76. The van der Waals surface area contributed by atoms with Crippen LogP contribution < -0.4 is 10.1 Å². The summed E-state index contributed by atoms with van der Waals surface area (Å²) in [6, 6.07) is 6.25. The first kappa shape index (κ1) is 12.5. The Morgan fingerprint density at radius 2 is 2.37 bits per heavy atom. The second-order valence-corrected chi connectivity index (χ2v) is 5.84. The molecule has 0 aliphatic carbocycles. The van der Waals surface area contributed by atoms with Crippen molar-refractivity contribution in [2.75, 3.05) is 11.9 Å². The maximum Gasteiger partial charge on any atom is 0.142 e. The summed E-state index contributed by atoms with van der Waals surface area (Å²) in [4.78, 5) is 4.68. The molecule has 4 heteroatoms. The lowest BCUT2D eigenvalue weighted by Crippen LogP contribution is -2.27. The van der Waals surface area contributed by atoms with E-state index in [9.17, 15) is 0 Å². The first-order chi connectivity index (χ1) is 9.26. The molecule has 3 rings (SSSR count). The van der Waals surface area contributed by atoms with Gasteiger partial charge in [0.05, 0.1) is 22.9 Å². The average Bonchev–Trinajstić information content (AvgIpc) is 2.87. The molecule has 1 aromatic heterocycles. The van der Waals surface area contributed by atoms with E-state index < -0.39 is 0 Å². The van der Waals surface area contributed by atoms with Crippen molar-refractivity contribution in [3.63, 3.8) is 0 Å². The zero-order chi connectivity index (χ0) is 13.2. The highest BCUT2D eigenvalue weighted by molar-refractivity contribution is 7.09. The molecule has 1 unspecified atom stereocenters. The lowest BCUT2D eigenvalue weighted by Gasteiger charge is -2.25. The summed E-state index contributed by atoms with van der Waals surface area (Å²) < 4.78 is 5.79. The molecule has 0 amide bonds. The minimum Gasteiger partial charge on any atom is -0.487 e. The number of rotatable bonds is 3. The molecule has 0 saturated heterocycles. The van der Waals surface area contributed by atoms with Gasteiger partial charge in [0.2, 0.25) is 0 Å². The van der Waals surface area contributed by atoms with Crippen molar-refractivity contribution in [3.05, 3.63) is 28.6 Å². The molecule has 0 spiro atoms. The average molecular weight is 274 g/mol. The third kappa shape index (κ3) is 2.59. The van der Waals surface area contributed by atoms with Gasteiger partial charge in [-0.3, -0.25) is 0 Å². The summed E-state index contributed by atoms with van der Waals surface area (Å²) in [5.41, 5.74) is 3.29. The maximum absolute atomic E-state index is 5.79. The molecular weight excluding hydrogens is 256 g/mol. The van der Waals surface area contributed by atoms with Gasteiger partial charge in [0.15, 0.2) is 0 Å². The standard InChI is InChI=1S/C15H18N2OS/c1-3-4-15-17-13(9-19-15)11-5-6-14-12(7-11)16-8-10(2)18-14/h5-7,9-10,16H,3-4,8H2,1-2H3. The molecular formula is C15H18N2OS. The normalized spacial score (nSPS) is 17.5. The molecule has 3 nitrogen and oxygen atoms in total. The second-order valence-electron chi connectivity index (χ2n) is 4.90. The van der Waals surface area contributed by atoms with Crippen LogP contribution in [0, 0.1) is 0 Å². The van der Waals surface area contributed by atoms with Gasteiger partial charge in [-0.2, -0.15) is 0 Å². The Kier molecular flexibility index (Phi) is 3.42. The van der Waals surface area contributed by atoms with Gasteiger partial charge in [0.1, 0.15) is 11.9 Å². The van der Waals surface area contributed by atoms with E-state index in [0.29, 0.717) is 0 Å². The topological polar surface area (TPSA) is 34.2 Å². The zero-order valence-electron chi connectivity index (χ0n) is 11.3. The van der Waals surface area contributed by atoms with Gasteiger partial charge < -0.3 is 10.1 Å². The van der Waals surface area contributed by atoms with Crippen molar-refractivity contribution in [3.8, 4) is 17.0 Å². The van der Waals surface area contributed by atoms with E-state index in [1.807, 2.05) is 6.07 Å². The number of hydrogen-bond acceptors (Lipinski definition) is 4. The number of ether oxygens (including phenoxy) is 1. The molecule has 0 fully saturated rings. The number of anilines is 1. The van der Waals surface area contributed by atoms with Gasteiger partial charge in [0, 0.05) is 10.9 Å². The van der Waals surface area contributed by atoms with Crippen LogP contribution in [0.4, 0.5) is 5.69 Å². The second kappa shape index (κ2) is 5.21. The molecule has 1 atom stereocenters. The van der Waals surface area contributed by atoms with E-state index in [4.69, 9.17) is 4.74 Å². The monoisotopic (exact) mass is 274 g/mol. The van der Waals surface area contributed by atoms with Crippen LogP contribution in [0.1, 0.15) is 25.3 Å². The molecule has 100 valence electrons. The largest absolute Gasteiger partial charge is 0.487 e. The third-order valence-corrected chi connectivity index (χ3v) is 4.11. The van der Waals surface area contributed by atoms with Gasteiger partial charge in [-0.25, -0.2) is 4.98 Å². The van der Waals surface area contributed by atoms with E-state index >= 15 is 0 Å². The Morgan fingerprint density at radius 3 is 3.21 bits per heavy atom. The van der Waals surface area contributed by atoms with Crippen LogP contribution in [0.3, 0.4) is 0 Å². The van der Waals surface area contributed by atoms with E-state index in [2.05, 4.69) is 41.7 Å². The number of benzene rings is 1. The number of nitrogens with zero attached hydrogens (tertiary/aromatic N) is 1. The van der Waals surface area contributed by atoms with Crippen LogP contribution >= 0.6 is 11.3 Å². The summed E-state index contributed by atoms with van der Waals surface area (Å²) in [6.45, 7) is 5.11. The van der Waals surface area contributed by atoms with Crippen LogP contribution in [0.25, 0.3) is 11.3 Å². The molecule has 1 N–H and O–H groups in total.